The lowest BCUT2D eigenvalue weighted by molar-refractivity contribution is 0.480. The summed E-state index contributed by atoms with van der Waals surface area (Å²) < 4.78 is 8.54. The second-order valence-electron chi connectivity index (χ2n) is 5.59. The summed E-state index contributed by atoms with van der Waals surface area (Å²) in [6, 6.07) is 21.1. The minimum atomic E-state index is -0.334. The highest BCUT2D eigenvalue weighted by molar-refractivity contribution is 6.28. The zero-order valence-corrected chi connectivity index (χ0v) is 14.1. The highest BCUT2D eigenvalue weighted by Crippen LogP contribution is 2.30. The Morgan fingerprint density at radius 2 is 1.68 bits per heavy atom. The van der Waals surface area contributed by atoms with Gasteiger partial charge in [-0.25, -0.2) is 14.0 Å². The van der Waals surface area contributed by atoms with Gasteiger partial charge in [0.15, 0.2) is 5.75 Å². The highest BCUT2D eigenvalue weighted by atomic mass is 35.5. The first-order valence-corrected chi connectivity index (χ1v) is 8.09. The van der Waals surface area contributed by atoms with E-state index in [1.165, 1.54) is 9.25 Å². The van der Waals surface area contributed by atoms with Crippen LogP contribution in [0.4, 0.5) is 0 Å². The molecular formula is C19H14ClN3O2. The largest absolute Gasteiger partial charge is 0.455 e. The number of para-hydroxylation sites is 2. The number of benzene rings is 3. The van der Waals surface area contributed by atoms with Crippen LogP contribution < -0.4 is 10.4 Å². The van der Waals surface area contributed by atoms with E-state index >= 15 is 0 Å². The lowest BCUT2D eigenvalue weighted by Gasteiger charge is -2.12. The lowest BCUT2D eigenvalue weighted by atomic mass is 10.1. The van der Waals surface area contributed by atoms with Crippen LogP contribution in [0, 0.1) is 0 Å². The van der Waals surface area contributed by atoms with Gasteiger partial charge in [-0.05, 0) is 46.6 Å². The molecule has 0 spiro atoms. The SMILES string of the molecule is Cn1nc(Cl)n(-c2ccccc2Oc2ccc3ccccc3c2)c1=O. The third-order valence-corrected chi connectivity index (χ3v) is 4.18. The smallest absolute Gasteiger partial charge is 0.351 e. The highest BCUT2D eigenvalue weighted by Gasteiger charge is 2.15. The molecule has 1 heterocycles. The average molecular weight is 352 g/mol. The van der Waals surface area contributed by atoms with E-state index in [2.05, 4.69) is 5.10 Å². The van der Waals surface area contributed by atoms with Crippen LogP contribution >= 0.6 is 11.6 Å². The van der Waals surface area contributed by atoms with Crippen LogP contribution in [0.15, 0.2) is 71.5 Å². The number of halogens is 1. The average Bonchev–Trinajstić information content (AvgIpc) is 2.88. The fourth-order valence-corrected chi connectivity index (χ4v) is 3.00. The maximum Gasteiger partial charge on any atom is 0.351 e. The Kier molecular flexibility index (Phi) is 3.78. The molecule has 124 valence electrons. The fraction of sp³-hybridized carbons (Fsp3) is 0.0526. The summed E-state index contributed by atoms with van der Waals surface area (Å²) in [7, 11) is 1.55. The molecule has 0 radical (unpaired) electrons. The van der Waals surface area contributed by atoms with E-state index in [1.54, 1.807) is 19.2 Å². The molecule has 1 aromatic heterocycles. The van der Waals surface area contributed by atoms with E-state index in [0.717, 1.165) is 10.8 Å². The van der Waals surface area contributed by atoms with Gasteiger partial charge in [-0.2, -0.15) is 0 Å². The molecule has 0 unspecified atom stereocenters. The van der Waals surface area contributed by atoms with E-state index in [4.69, 9.17) is 16.3 Å². The molecule has 0 aliphatic heterocycles. The van der Waals surface area contributed by atoms with Gasteiger partial charge in [0.25, 0.3) is 0 Å². The Balaban J connectivity index is 1.79. The first kappa shape index (κ1) is 15.5. The van der Waals surface area contributed by atoms with Gasteiger partial charge in [0.05, 0.1) is 5.69 Å². The van der Waals surface area contributed by atoms with Crippen LogP contribution in [0.1, 0.15) is 0 Å². The molecule has 0 aliphatic carbocycles. The van der Waals surface area contributed by atoms with Crippen LogP contribution in [0.5, 0.6) is 11.5 Å². The van der Waals surface area contributed by atoms with Gasteiger partial charge in [-0.3, -0.25) is 0 Å². The van der Waals surface area contributed by atoms with Crippen molar-refractivity contribution >= 4 is 22.4 Å². The minimum Gasteiger partial charge on any atom is -0.455 e. The third-order valence-electron chi connectivity index (χ3n) is 3.94. The third kappa shape index (κ3) is 2.79. The molecule has 3 aromatic carbocycles. The van der Waals surface area contributed by atoms with Crippen molar-refractivity contribution in [2.75, 3.05) is 0 Å². The summed E-state index contributed by atoms with van der Waals surface area (Å²) in [5.41, 5.74) is 0.207. The van der Waals surface area contributed by atoms with Crippen LogP contribution in [-0.4, -0.2) is 14.3 Å². The molecule has 25 heavy (non-hydrogen) atoms. The monoisotopic (exact) mass is 351 g/mol. The Morgan fingerprint density at radius 1 is 0.960 bits per heavy atom. The summed E-state index contributed by atoms with van der Waals surface area (Å²) in [4.78, 5) is 12.3. The second-order valence-corrected chi connectivity index (χ2v) is 5.93. The predicted molar refractivity (Wildman–Crippen MR) is 97.8 cm³/mol. The first-order valence-electron chi connectivity index (χ1n) is 7.71. The zero-order valence-electron chi connectivity index (χ0n) is 13.4. The van der Waals surface area contributed by atoms with Crippen LogP contribution in [0.25, 0.3) is 16.5 Å². The summed E-state index contributed by atoms with van der Waals surface area (Å²) in [6.07, 6.45) is 0. The summed E-state index contributed by atoms with van der Waals surface area (Å²) in [5.74, 6) is 1.20. The topological polar surface area (TPSA) is 49.0 Å². The quantitative estimate of drug-likeness (QED) is 0.556. The van der Waals surface area contributed by atoms with E-state index in [9.17, 15) is 4.79 Å². The van der Waals surface area contributed by atoms with Gasteiger partial charge in [0.2, 0.25) is 5.28 Å². The number of fused-ring (bicyclic) bond motifs is 1. The van der Waals surface area contributed by atoms with Crippen molar-refractivity contribution in [3.63, 3.8) is 0 Å². The number of hydrogen-bond donors (Lipinski definition) is 0. The van der Waals surface area contributed by atoms with E-state index in [1.807, 2.05) is 54.6 Å². The summed E-state index contributed by atoms with van der Waals surface area (Å²) in [6.45, 7) is 0. The summed E-state index contributed by atoms with van der Waals surface area (Å²) >= 11 is 6.11. The molecule has 0 N–H and O–H groups in total. The number of hydrogen-bond acceptors (Lipinski definition) is 3. The minimum absolute atomic E-state index is 0.0852. The van der Waals surface area contributed by atoms with Gasteiger partial charge in [-0.1, -0.05) is 42.5 Å². The molecule has 0 saturated heterocycles. The van der Waals surface area contributed by atoms with Crippen molar-refractivity contribution in [3.8, 4) is 17.2 Å². The maximum absolute atomic E-state index is 12.3. The molecule has 0 saturated carbocycles. The Hall–Kier alpha value is -3.05. The van der Waals surface area contributed by atoms with Gasteiger partial charge < -0.3 is 4.74 Å². The van der Waals surface area contributed by atoms with Crippen molar-refractivity contribution < 1.29 is 4.74 Å². The van der Waals surface area contributed by atoms with E-state index < -0.39 is 0 Å². The second kappa shape index (κ2) is 6.11. The van der Waals surface area contributed by atoms with E-state index in [-0.39, 0.29) is 11.0 Å². The number of ether oxygens (including phenoxy) is 1. The lowest BCUT2D eigenvalue weighted by Crippen LogP contribution is -2.21. The van der Waals surface area contributed by atoms with Crippen molar-refractivity contribution in [1.29, 1.82) is 0 Å². The van der Waals surface area contributed by atoms with Crippen molar-refractivity contribution in [1.82, 2.24) is 14.3 Å². The molecule has 0 aliphatic rings. The molecule has 6 heteroatoms. The summed E-state index contributed by atoms with van der Waals surface area (Å²) in [5, 5.41) is 6.25. The Bertz CT molecular complexity index is 1130. The van der Waals surface area contributed by atoms with Crippen molar-refractivity contribution in [3.05, 3.63) is 82.5 Å². The Morgan fingerprint density at radius 3 is 2.44 bits per heavy atom. The molecule has 0 atom stereocenters. The Labute approximate surface area is 148 Å². The van der Waals surface area contributed by atoms with Crippen molar-refractivity contribution in [2.24, 2.45) is 7.05 Å². The van der Waals surface area contributed by atoms with Gasteiger partial charge >= 0.3 is 5.69 Å². The van der Waals surface area contributed by atoms with Crippen LogP contribution in [0.3, 0.4) is 0 Å². The predicted octanol–water partition coefficient (Wildman–Crippen LogP) is 4.17. The van der Waals surface area contributed by atoms with E-state index in [0.29, 0.717) is 17.2 Å². The zero-order chi connectivity index (χ0) is 17.4. The maximum atomic E-state index is 12.3. The number of aromatic nitrogens is 3. The van der Waals surface area contributed by atoms with Crippen LogP contribution in [0.2, 0.25) is 5.28 Å². The molecule has 0 amide bonds. The van der Waals surface area contributed by atoms with Gasteiger partial charge in [-0.15, -0.1) is 5.10 Å². The number of aryl methyl sites for hydroxylation is 1. The van der Waals surface area contributed by atoms with Gasteiger partial charge in [0.1, 0.15) is 5.75 Å². The van der Waals surface area contributed by atoms with Crippen molar-refractivity contribution in [2.45, 2.75) is 0 Å². The molecule has 4 rings (SSSR count). The molecule has 0 bridgehead atoms. The molecular weight excluding hydrogens is 338 g/mol. The molecule has 4 aromatic rings. The number of rotatable bonds is 3. The number of nitrogens with zero attached hydrogens (tertiary/aromatic N) is 3. The normalized spacial score (nSPS) is 11.0. The molecule has 5 nitrogen and oxygen atoms in total. The first-order chi connectivity index (χ1) is 12.1. The van der Waals surface area contributed by atoms with Crippen LogP contribution in [-0.2, 0) is 7.05 Å². The van der Waals surface area contributed by atoms with Gasteiger partial charge in [0, 0.05) is 7.05 Å². The fourth-order valence-electron chi connectivity index (χ4n) is 2.72. The molecule has 0 fully saturated rings. The standard InChI is InChI=1S/C19H14ClN3O2/c1-22-19(24)23(18(20)21-22)16-8-4-5-9-17(16)25-15-11-10-13-6-2-3-7-14(13)12-15/h2-12H,1H3.